The number of ketones is 2. The predicted octanol–water partition coefficient (Wildman–Crippen LogP) is 4.63. The van der Waals surface area contributed by atoms with Crippen LogP contribution in [-0.2, 0) is 6.42 Å². The molecule has 0 N–H and O–H groups in total. The Hall–Kier alpha value is -1.70. The van der Waals surface area contributed by atoms with Gasteiger partial charge in [0.15, 0.2) is 11.6 Å². The van der Waals surface area contributed by atoms with Crippen molar-refractivity contribution in [3.05, 3.63) is 47.0 Å². The van der Waals surface area contributed by atoms with Crippen LogP contribution in [0.25, 0.3) is 0 Å². The largest absolute Gasteiger partial charge is 0.294 e. The fourth-order valence-electron chi connectivity index (χ4n) is 5.02. The Kier molecular flexibility index (Phi) is 3.33. The first-order chi connectivity index (χ1) is 11.0. The smallest absolute Gasteiger partial charge is 0.168 e. The Morgan fingerprint density at radius 2 is 1.96 bits per heavy atom. The van der Waals surface area contributed by atoms with Crippen LogP contribution in [0.2, 0.25) is 0 Å². The molecule has 0 radical (unpaired) electrons. The van der Waals surface area contributed by atoms with Crippen molar-refractivity contribution < 1.29 is 9.59 Å². The lowest BCUT2D eigenvalue weighted by Gasteiger charge is -2.36. The molecule has 4 unspecified atom stereocenters. The quantitative estimate of drug-likeness (QED) is 0.600. The van der Waals surface area contributed by atoms with Crippen LogP contribution in [0.3, 0.4) is 0 Å². The Bertz CT molecular complexity index is 715. The zero-order valence-electron chi connectivity index (χ0n) is 14.0. The second-order valence-electron chi connectivity index (χ2n) is 7.80. The summed E-state index contributed by atoms with van der Waals surface area (Å²) in [6.45, 7) is 4.34. The van der Waals surface area contributed by atoms with Gasteiger partial charge in [-0.25, -0.2) is 0 Å². The molecule has 0 spiro atoms. The number of unbranched alkanes of at least 4 members (excludes halogenated alkanes) is 2. The zero-order chi connectivity index (χ0) is 16.2. The normalized spacial score (nSPS) is 33.9. The highest BCUT2D eigenvalue weighted by atomic mass is 16.1. The van der Waals surface area contributed by atoms with Crippen LogP contribution in [-0.4, -0.2) is 11.6 Å². The number of carbonyl (C=O) groups excluding carboxylic acids is 2. The van der Waals surface area contributed by atoms with E-state index >= 15 is 0 Å². The summed E-state index contributed by atoms with van der Waals surface area (Å²) in [5.74, 6) is 0.414. The van der Waals surface area contributed by atoms with Crippen molar-refractivity contribution in [3.8, 4) is 0 Å². The highest BCUT2D eigenvalue weighted by Gasteiger charge is 2.60. The highest BCUT2D eigenvalue weighted by molar-refractivity contribution is 6.17. The third kappa shape index (κ3) is 2.07. The van der Waals surface area contributed by atoms with E-state index in [9.17, 15) is 9.59 Å². The number of aryl methyl sites for hydroxylation is 1. The van der Waals surface area contributed by atoms with E-state index in [4.69, 9.17) is 0 Å². The van der Waals surface area contributed by atoms with Gasteiger partial charge in [-0.1, -0.05) is 51.0 Å². The van der Waals surface area contributed by atoms with E-state index in [0.717, 1.165) is 19.3 Å². The molecule has 3 aliphatic rings. The van der Waals surface area contributed by atoms with E-state index in [1.807, 2.05) is 18.2 Å². The molecule has 4 atom stereocenters. The number of hydrogen-bond donors (Lipinski definition) is 0. The van der Waals surface area contributed by atoms with Crippen molar-refractivity contribution in [2.45, 2.75) is 46.0 Å². The summed E-state index contributed by atoms with van der Waals surface area (Å²) in [6, 6.07) is 5.96. The number of carbonyl (C=O) groups is 2. The van der Waals surface area contributed by atoms with Crippen molar-refractivity contribution in [1.82, 2.24) is 0 Å². The van der Waals surface area contributed by atoms with Gasteiger partial charge in [-0.15, -0.1) is 0 Å². The maximum Gasteiger partial charge on any atom is 0.168 e. The first-order valence-corrected chi connectivity index (χ1v) is 8.96. The third-order valence-corrected chi connectivity index (χ3v) is 6.20. The molecule has 2 nitrogen and oxygen atoms in total. The minimum absolute atomic E-state index is 0.112. The maximum atomic E-state index is 13.1. The van der Waals surface area contributed by atoms with Crippen molar-refractivity contribution in [2.24, 2.45) is 23.2 Å². The molecule has 23 heavy (non-hydrogen) atoms. The van der Waals surface area contributed by atoms with Gasteiger partial charge in [0.2, 0.25) is 0 Å². The molecule has 0 amide bonds. The molecule has 2 bridgehead atoms. The molecule has 3 aliphatic carbocycles. The molecule has 0 saturated heterocycles. The Balaban J connectivity index is 1.70. The van der Waals surface area contributed by atoms with E-state index in [1.165, 1.54) is 18.4 Å². The second kappa shape index (κ2) is 5.15. The van der Waals surface area contributed by atoms with Crippen LogP contribution in [0.15, 0.2) is 30.4 Å². The summed E-state index contributed by atoms with van der Waals surface area (Å²) in [4.78, 5) is 26.1. The van der Waals surface area contributed by atoms with E-state index < -0.39 is 0 Å². The fourth-order valence-corrected chi connectivity index (χ4v) is 5.02. The number of benzene rings is 1. The first-order valence-electron chi connectivity index (χ1n) is 8.96. The lowest BCUT2D eigenvalue weighted by molar-refractivity contribution is 0.0676. The van der Waals surface area contributed by atoms with Crippen LogP contribution >= 0.6 is 0 Å². The molecule has 1 aromatic carbocycles. The molecule has 2 heteroatoms. The Morgan fingerprint density at radius 3 is 2.74 bits per heavy atom. The number of fused-ring (bicyclic) bond motifs is 6. The van der Waals surface area contributed by atoms with Crippen LogP contribution in [0, 0.1) is 23.2 Å². The van der Waals surface area contributed by atoms with Crippen LogP contribution in [0.5, 0.6) is 0 Å². The van der Waals surface area contributed by atoms with E-state index in [1.54, 1.807) is 0 Å². The Morgan fingerprint density at radius 1 is 1.13 bits per heavy atom. The van der Waals surface area contributed by atoms with Gasteiger partial charge in [-0.05, 0) is 42.2 Å². The molecule has 4 rings (SSSR count). The van der Waals surface area contributed by atoms with E-state index in [0.29, 0.717) is 11.1 Å². The summed E-state index contributed by atoms with van der Waals surface area (Å²) in [6.07, 6.45) is 9.84. The molecule has 1 saturated carbocycles. The van der Waals surface area contributed by atoms with Crippen LogP contribution < -0.4 is 0 Å². The molecule has 0 aliphatic heterocycles. The van der Waals surface area contributed by atoms with Crippen molar-refractivity contribution in [2.75, 3.05) is 0 Å². The average molecular weight is 308 g/mol. The van der Waals surface area contributed by atoms with Gasteiger partial charge in [0.1, 0.15) is 0 Å². The zero-order valence-corrected chi connectivity index (χ0v) is 14.0. The fraction of sp³-hybridized carbons (Fsp3) is 0.524. The summed E-state index contributed by atoms with van der Waals surface area (Å²) >= 11 is 0. The average Bonchev–Trinajstić information content (AvgIpc) is 3.06. The number of rotatable bonds is 4. The number of hydrogen-bond acceptors (Lipinski definition) is 2. The SMILES string of the molecule is CCCCCc1ccc2c(c1)C(=O)C1C3C=CC(C)(C3)C1C2=O. The van der Waals surface area contributed by atoms with Crippen molar-refractivity contribution in [3.63, 3.8) is 0 Å². The van der Waals surface area contributed by atoms with Gasteiger partial charge in [0, 0.05) is 23.0 Å². The molecular weight excluding hydrogens is 284 g/mol. The molecule has 0 heterocycles. The highest BCUT2D eigenvalue weighted by Crippen LogP contribution is 2.59. The van der Waals surface area contributed by atoms with Crippen molar-refractivity contribution >= 4 is 11.6 Å². The van der Waals surface area contributed by atoms with Gasteiger partial charge >= 0.3 is 0 Å². The van der Waals surface area contributed by atoms with Gasteiger partial charge in [-0.2, -0.15) is 0 Å². The lowest BCUT2D eigenvalue weighted by atomic mass is 9.65. The summed E-state index contributed by atoms with van der Waals surface area (Å²) in [5.41, 5.74) is 2.44. The van der Waals surface area contributed by atoms with E-state index in [-0.39, 0.29) is 34.7 Å². The van der Waals surface area contributed by atoms with Gasteiger partial charge in [-0.3, -0.25) is 9.59 Å². The minimum Gasteiger partial charge on any atom is -0.294 e. The summed E-state index contributed by atoms with van der Waals surface area (Å²) in [7, 11) is 0. The topological polar surface area (TPSA) is 34.1 Å². The molecular formula is C21H24O2. The third-order valence-electron chi connectivity index (χ3n) is 6.20. The van der Waals surface area contributed by atoms with Gasteiger partial charge in [0.25, 0.3) is 0 Å². The molecule has 0 aromatic heterocycles. The van der Waals surface area contributed by atoms with Gasteiger partial charge < -0.3 is 0 Å². The molecule has 1 aromatic rings. The van der Waals surface area contributed by atoms with Crippen molar-refractivity contribution in [1.29, 1.82) is 0 Å². The summed E-state index contributed by atoms with van der Waals surface area (Å²) < 4.78 is 0. The minimum atomic E-state index is -0.136. The second-order valence-corrected chi connectivity index (χ2v) is 7.80. The van der Waals surface area contributed by atoms with E-state index in [2.05, 4.69) is 26.0 Å². The first kappa shape index (κ1) is 14.9. The van der Waals surface area contributed by atoms with Crippen LogP contribution in [0.4, 0.5) is 0 Å². The maximum absolute atomic E-state index is 13.1. The predicted molar refractivity (Wildman–Crippen MR) is 90.7 cm³/mol. The number of Topliss-reactive ketones (excluding diaryl/α,β-unsaturated/α-hetero) is 2. The summed E-state index contributed by atoms with van der Waals surface area (Å²) in [5, 5.41) is 0. The standard InChI is InChI=1S/C21H24O2/c1-3-4-5-6-13-7-8-15-16(11-13)19(22)17-14-9-10-21(2,12-14)18(17)20(15)23/h7-11,14,17-18H,3-6,12H2,1-2H3. The monoisotopic (exact) mass is 308 g/mol. The van der Waals surface area contributed by atoms with Crippen LogP contribution in [0.1, 0.15) is 65.8 Å². The molecule has 1 fully saturated rings. The lowest BCUT2D eigenvalue weighted by Crippen LogP contribution is -2.42. The number of allylic oxidation sites excluding steroid dienone is 2. The Labute approximate surface area is 138 Å². The molecule has 120 valence electrons. The van der Waals surface area contributed by atoms with Gasteiger partial charge in [0.05, 0.1) is 0 Å².